The molecular formula is C8H12O3. The largest absolute Gasteiger partial charge is 0.329 e. The van der Waals surface area contributed by atoms with Gasteiger partial charge in [0.25, 0.3) is 6.48 Å². The molecule has 2 bridgehead atoms. The van der Waals surface area contributed by atoms with E-state index in [1.165, 1.54) is 0 Å². The molecule has 0 radical (unpaired) electrons. The maximum absolute atomic E-state index is 5.24. The van der Waals surface area contributed by atoms with Crippen molar-refractivity contribution >= 4 is 0 Å². The fourth-order valence-corrected chi connectivity index (χ4v) is 1.49. The summed E-state index contributed by atoms with van der Waals surface area (Å²) in [5.41, 5.74) is 0.0521. The van der Waals surface area contributed by atoms with Crippen LogP contribution < -0.4 is 0 Å². The summed E-state index contributed by atoms with van der Waals surface area (Å²) in [6, 6.07) is 0. The molecule has 0 saturated carbocycles. The fourth-order valence-electron chi connectivity index (χ4n) is 1.49. The first-order valence-corrected chi connectivity index (χ1v) is 3.80. The molecule has 0 aliphatic carbocycles. The highest BCUT2D eigenvalue weighted by atomic mass is 16.9. The Kier molecular flexibility index (Phi) is 1.71. The zero-order valence-corrected chi connectivity index (χ0v) is 6.41. The molecule has 0 amide bonds. The molecule has 0 aromatic rings. The van der Waals surface area contributed by atoms with Gasteiger partial charge in [0.2, 0.25) is 0 Å². The van der Waals surface area contributed by atoms with Gasteiger partial charge in [-0.2, -0.15) is 0 Å². The van der Waals surface area contributed by atoms with Crippen molar-refractivity contribution in [1.29, 1.82) is 0 Å². The summed E-state index contributed by atoms with van der Waals surface area (Å²) in [6.45, 7) is 5.52. The maximum atomic E-state index is 5.24. The Morgan fingerprint density at radius 3 is 2.27 bits per heavy atom. The fraction of sp³-hybridized carbons (Fsp3) is 0.750. The molecule has 3 aliphatic rings. The van der Waals surface area contributed by atoms with E-state index >= 15 is 0 Å². The van der Waals surface area contributed by atoms with E-state index in [0.717, 1.165) is 26.2 Å². The number of ether oxygens (including phenoxy) is 3. The molecule has 62 valence electrons. The molecule has 3 nitrogen and oxygen atoms in total. The van der Waals surface area contributed by atoms with Crippen LogP contribution in [0.2, 0.25) is 0 Å². The van der Waals surface area contributed by atoms with Crippen molar-refractivity contribution in [3.8, 4) is 0 Å². The molecule has 3 rings (SSSR count). The number of allylic oxidation sites excluding steroid dienone is 1. The molecule has 3 heteroatoms. The predicted octanol–water partition coefficient (Wildman–Crippen LogP) is 0.909. The predicted molar refractivity (Wildman–Crippen MR) is 38.9 cm³/mol. The second kappa shape index (κ2) is 2.59. The molecular weight excluding hydrogens is 144 g/mol. The van der Waals surface area contributed by atoms with Gasteiger partial charge in [0.1, 0.15) is 0 Å². The van der Waals surface area contributed by atoms with Crippen LogP contribution in [-0.4, -0.2) is 26.3 Å². The van der Waals surface area contributed by atoms with Gasteiger partial charge < -0.3 is 14.2 Å². The van der Waals surface area contributed by atoms with Crippen LogP contribution in [0.15, 0.2) is 12.7 Å². The maximum Gasteiger partial charge on any atom is 0.271 e. The Labute approximate surface area is 65.9 Å². The zero-order valence-electron chi connectivity index (χ0n) is 6.41. The van der Waals surface area contributed by atoms with E-state index in [2.05, 4.69) is 6.58 Å². The Morgan fingerprint density at radius 1 is 1.27 bits per heavy atom. The Balaban J connectivity index is 2.05. The third-order valence-corrected chi connectivity index (χ3v) is 2.15. The molecule has 0 unspecified atom stereocenters. The summed E-state index contributed by atoms with van der Waals surface area (Å²) in [5, 5.41) is 0. The van der Waals surface area contributed by atoms with Crippen molar-refractivity contribution < 1.29 is 14.2 Å². The monoisotopic (exact) mass is 156 g/mol. The SMILES string of the molecule is C=CCC12COC(OC1)OC2. The summed E-state index contributed by atoms with van der Waals surface area (Å²) in [5.74, 6) is 0. The van der Waals surface area contributed by atoms with Crippen molar-refractivity contribution in [2.24, 2.45) is 5.41 Å². The van der Waals surface area contributed by atoms with Crippen LogP contribution >= 0.6 is 0 Å². The Hall–Kier alpha value is -0.380. The smallest absolute Gasteiger partial charge is 0.271 e. The van der Waals surface area contributed by atoms with Gasteiger partial charge in [-0.05, 0) is 6.42 Å². The average Bonchev–Trinajstić information content (AvgIpc) is 2.07. The van der Waals surface area contributed by atoms with Gasteiger partial charge in [0.15, 0.2) is 0 Å². The standard InChI is InChI=1S/C8H12O3/c1-2-3-8-4-9-7(10-5-8)11-6-8/h2,7H,1,3-6H2. The second-order valence-corrected chi connectivity index (χ2v) is 3.21. The molecule has 0 aromatic carbocycles. The molecule has 0 spiro atoms. The number of rotatable bonds is 2. The molecule has 3 aliphatic heterocycles. The van der Waals surface area contributed by atoms with Crippen molar-refractivity contribution in [3.05, 3.63) is 12.7 Å². The molecule has 0 atom stereocenters. The summed E-state index contributed by atoms with van der Waals surface area (Å²) >= 11 is 0. The number of fused-ring (bicyclic) bond motifs is 3. The average molecular weight is 156 g/mol. The minimum Gasteiger partial charge on any atom is -0.329 e. The Bertz CT molecular complexity index is 145. The lowest BCUT2D eigenvalue weighted by atomic mass is 9.86. The van der Waals surface area contributed by atoms with Gasteiger partial charge in [0.05, 0.1) is 19.8 Å². The highest BCUT2D eigenvalue weighted by Crippen LogP contribution is 2.34. The lowest BCUT2D eigenvalue weighted by Gasteiger charge is -2.44. The van der Waals surface area contributed by atoms with Gasteiger partial charge in [-0.15, -0.1) is 6.58 Å². The van der Waals surface area contributed by atoms with Crippen LogP contribution in [0.5, 0.6) is 0 Å². The number of hydrogen-bond acceptors (Lipinski definition) is 3. The first-order valence-electron chi connectivity index (χ1n) is 3.80. The summed E-state index contributed by atoms with van der Waals surface area (Å²) in [6.07, 6.45) is 2.79. The molecule has 11 heavy (non-hydrogen) atoms. The van der Waals surface area contributed by atoms with Crippen LogP contribution in [0.3, 0.4) is 0 Å². The first-order chi connectivity index (χ1) is 5.35. The van der Waals surface area contributed by atoms with E-state index in [0.29, 0.717) is 0 Å². The Morgan fingerprint density at radius 2 is 1.82 bits per heavy atom. The van der Waals surface area contributed by atoms with Crippen LogP contribution in [-0.2, 0) is 14.2 Å². The lowest BCUT2D eigenvalue weighted by molar-refractivity contribution is -0.394. The first kappa shape index (κ1) is 7.28. The van der Waals surface area contributed by atoms with Crippen molar-refractivity contribution in [3.63, 3.8) is 0 Å². The lowest BCUT2D eigenvalue weighted by Crippen LogP contribution is -2.52. The molecule has 3 heterocycles. The van der Waals surface area contributed by atoms with Crippen LogP contribution in [0.1, 0.15) is 6.42 Å². The van der Waals surface area contributed by atoms with Crippen LogP contribution in [0.25, 0.3) is 0 Å². The topological polar surface area (TPSA) is 27.7 Å². The molecule has 0 N–H and O–H groups in total. The zero-order chi connectivity index (χ0) is 7.73. The number of hydrogen-bond donors (Lipinski definition) is 0. The van der Waals surface area contributed by atoms with Crippen molar-refractivity contribution in [1.82, 2.24) is 0 Å². The minimum absolute atomic E-state index is 0.0521. The van der Waals surface area contributed by atoms with E-state index in [1.807, 2.05) is 6.08 Å². The van der Waals surface area contributed by atoms with Crippen LogP contribution in [0.4, 0.5) is 0 Å². The summed E-state index contributed by atoms with van der Waals surface area (Å²) in [4.78, 5) is 0. The van der Waals surface area contributed by atoms with Gasteiger partial charge in [-0.25, -0.2) is 0 Å². The van der Waals surface area contributed by atoms with Gasteiger partial charge >= 0.3 is 0 Å². The minimum atomic E-state index is -0.401. The molecule has 3 fully saturated rings. The van der Waals surface area contributed by atoms with Gasteiger partial charge in [-0.3, -0.25) is 0 Å². The highest BCUT2D eigenvalue weighted by molar-refractivity contribution is 4.90. The molecule has 0 aromatic heterocycles. The van der Waals surface area contributed by atoms with Gasteiger partial charge in [0, 0.05) is 5.41 Å². The second-order valence-electron chi connectivity index (χ2n) is 3.21. The van der Waals surface area contributed by atoms with Crippen molar-refractivity contribution in [2.45, 2.75) is 12.9 Å². The third kappa shape index (κ3) is 1.20. The van der Waals surface area contributed by atoms with E-state index < -0.39 is 6.48 Å². The van der Waals surface area contributed by atoms with Crippen LogP contribution in [0, 0.1) is 5.41 Å². The van der Waals surface area contributed by atoms with Crippen molar-refractivity contribution in [2.75, 3.05) is 19.8 Å². The van der Waals surface area contributed by atoms with Gasteiger partial charge in [-0.1, -0.05) is 6.08 Å². The quantitative estimate of drug-likeness (QED) is 0.556. The van der Waals surface area contributed by atoms with E-state index in [-0.39, 0.29) is 5.41 Å². The normalized spacial score (nSPS) is 42.4. The highest BCUT2D eigenvalue weighted by Gasteiger charge is 2.42. The van der Waals surface area contributed by atoms with E-state index in [1.54, 1.807) is 0 Å². The third-order valence-electron chi connectivity index (χ3n) is 2.15. The summed E-state index contributed by atoms with van der Waals surface area (Å²) in [7, 11) is 0. The van der Waals surface area contributed by atoms with E-state index in [9.17, 15) is 0 Å². The summed E-state index contributed by atoms with van der Waals surface area (Å²) < 4.78 is 15.7. The van der Waals surface area contributed by atoms with E-state index in [4.69, 9.17) is 14.2 Å². The molecule has 3 saturated heterocycles.